The molecular weight excluding hydrogens is 456 g/mol. The van der Waals surface area contributed by atoms with Crippen molar-refractivity contribution in [2.45, 2.75) is 33.4 Å². The topological polar surface area (TPSA) is 85.0 Å². The van der Waals surface area contributed by atoms with Gasteiger partial charge in [-0.05, 0) is 54.4 Å². The van der Waals surface area contributed by atoms with Crippen molar-refractivity contribution in [1.82, 2.24) is 9.88 Å². The fourth-order valence-corrected chi connectivity index (χ4v) is 4.01. The number of aliphatic carboxylic acids is 1. The highest BCUT2D eigenvalue weighted by Crippen LogP contribution is 2.23. The van der Waals surface area contributed by atoms with Gasteiger partial charge in [0.25, 0.3) is 0 Å². The van der Waals surface area contributed by atoms with Gasteiger partial charge in [-0.15, -0.1) is 0 Å². The van der Waals surface area contributed by atoms with Crippen LogP contribution in [0.3, 0.4) is 0 Å². The van der Waals surface area contributed by atoms with E-state index in [2.05, 4.69) is 4.98 Å². The van der Waals surface area contributed by atoms with E-state index in [1.165, 1.54) is 0 Å². The number of carboxylic acids is 1. The van der Waals surface area contributed by atoms with E-state index >= 15 is 0 Å². The van der Waals surface area contributed by atoms with Gasteiger partial charge in [0.2, 0.25) is 0 Å². The van der Waals surface area contributed by atoms with Crippen molar-refractivity contribution in [3.8, 4) is 17.2 Å². The largest absolute Gasteiger partial charge is 0.493 e. The van der Waals surface area contributed by atoms with E-state index in [0.717, 1.165) is 34.1 Å². The minimum atomic E-state index is -0.877. The number of rotatable bonds is 12. The van der Waals surface area contributed by atoms with Crippen LogP contribution >= 0.6 is 0 Å². The molecule has 0 spiro atoms. The smallest absolute Gasteiger partial charge is 0.317 e. The number of benzene rings is 3. The second kappa shape index (κ2) is 12.0. The Hall–Kier alpha value is -4.10. The lowest BCUT2D eigenvalue weighted by molar-refractivity contribution is -0.138. The molecule has 186 valence electrons. The minimum absolute atomic E-state index is 0.0837. The highest BCUT2D eigenvalue weighted by Gasteiger charge is 2.13. The average molecular weight is 487 g/mol. The first-order valence-corrected chi connectivity index (χ1v) is 11.9. The van der Waals surface area contributed by atoms with Gasteiger partial charge < -0.3 is 19.0 Å². The van der Waals surface area contributed by atoms with E-state index in [1.54, 1.807) is 0 Å². The van der Waals surface area contributed by atoms with Crippen molar-refractivity contribution in [1.29, 1.82) is 0 Å². The third kappa shape index (κ3) is 7.45. The Labute approximate surface area is 210 Å². The number of aryl methyl sites for hydroxylation is 2. The number of aromatic nitrogens is 1. The Morgan fingerprint density at radius 3 is 2.17 bits per heavy atom. The van der Waals surface area contributed by atoms with Gasteiger partial charge in [0.15, 0.2) is 5.89 Å². The van der Waals surface area contributed by atoms with Crippen molar-refractivity contribution in [3.63, 3.8) is 0 Å². The molecule has 0 aliphatic heterocycles. The monoisotopic (exact) mass is 486 g/mol. The molecule has 0 aliphatic carbocycles. The molecule has 7 nitrogen and oxygen atoms in total. The zero-order valence-corrected chi connectivity index (χ0v) is 20.5. The Morgan fingerprint density at radius 1 is 0.889 bits per heavy atom. The minimum Gasteiger partial charge on any atom is -0.493 e. The Bertz CT molecular complexity index is 1290. The Morgan fingerprint density at radius 2 is 1.53 bits per heavy atom. The quantitative estimate of drug-likeness (QED) is 0.271. The molecule has 0 fully saturated rings. The first kappa shape index (κ1) is 25.0. The zero-order valence-electron chi connectivity index (χ0n) is 20.5. The summed E-state index contributed by atoms with van der Waals surface area (Å²) in [6.45, 7) is 5.05. The summed E-state index contributed by atoms with van der Waals surface area (Å²) in [5, 5.41) is 9.49. The van der Waals surface area contributed by atoms with Gasteiger partial charge in [-0.25, -0.2) is 4.98 Å². The lowest BCUT2D eigenvalue weighted by Crippen LogP contribution is -2.29. The van der Waals surface area contributed by atoms with Crippen LogP contribution in [-0.4, -0.2) is 34.1 Å². The van der Waals surface area contributed by atoms with Crippen molar-refractivity contribution in [3.05, 3.63) is 107 Å². The second-order valence-corrected chi connectivity index (χ2v) is 8.58. The number of carboxylic acid groups (broad SMARTS) is 1. The molecule has 4 aromatic rings. The molecule has 1 heterocycles. The summed E-state index contributed by atoms with van der Waals surface area (Å²) in [7, 11) is 0. The molecule has 0 radical (unpaired) electrons. The van der Waals surface area contributed by atoms with Gasteiger partial charge in [-0.1, -0.05) is 42.5 Å². The first-order chi connectivity index (χ1) is 17.4. The number of ether oxygens (including phenoxy) is 2. The number of carbonyl (C=O) groups is 1. The highest BCUT2D eigenvalue weighted by molar-refractivity contribution is 5.69. The molecular formula is C29H30N2O5. The van der Waals surface area contributed by atoms with Gasteiger partial charge in [-0.3, -0.25) is 9.69 Å². The van der Waals surface area contributed by atoms with Crippen LogP contribution in [0.2, 0.25) is 0 Å². The van der Waals surface area contributed by atoms with Crippen LogP contribution < -0.4 is 9.47 Å². The van der Waals surface area contributed by atoms with Gasteiger partial charge in [0, 0.05) is 26.4 Å². The van der Waals surface area contributed by atoms with Gasteiger partial charge in [0.1, 0.15) is 23.0 Å². The normalized spacial score (nSPS) is 11.0. The molecule has 0 saturated carbocycles. The number of hydrogen-bond donors (Lipinski definition) is 1. The molecule has 0 bridgehead atoms. The van der Waals surface area contributed by atoms with Crippen LogP contribution in [0.25, 0.3) is 0 Å². The van der Waals surface area contributed by atoms with Gasteiger partial charge in [-0.2, -0.15) is 0 Å². The summed E-state index contributed by atoms with van der Waals surface area (Å²) in [6, 6.07) is 25.0. The van der Waals surface area contributed by atoms with Gasteiger partial charge in [0.05, 0.1) is 18.8 Å². The number of nitrogens with zero attached hydrogens (tertiary/aromatic N) is 2. The van der Waals surface area contributed by atoms with E-state index < -0.39 is 5.97 Å². The standard InChI is InChI=1S/C29H30N2O5/c1-21-28(30-22(2)35-21)14-15-34-26-12-6-8-23(16-26)18-31(20-29(32)33)19-24-9-7-13-27(17-24)36-25-10-4-3-5-11-25/h3-13,16-17H,14-15,18-20H2,1-2H3,(H,32,33). The SMILES string of the molecule is Cc1nc(CCOc2cccc(CN(CC(=O)O)Cc3cccc(Oc4ccccc4)c3)c2)c(C)o1. The Kier molecular flexibility index (Phi) is 8.36. The van der Waals surface area contributed by atoms with E-state index in [1.807, 2.05) is 97.6 Å². The fourth-order valence-electron chi connectivity index (χ4n) is 4.01. The highest BCUT2D eigenvalue weighted by atomic mass is 16.5. The molecule has 7 heteroatoms. The van der Waals surface area contributed by atoms with Gasteiger partial charge >= 0.3 is 5.97 Å². The molecule has 0 unspecified atom stereocenters. The third-order valence-corrected chi connectivity index (χ3v) is 5.55. The summed E-state index contributed by atoms with van der Waals surface area (Å²) in [4.78, 5) is 17.8. The predicted octanol–water partition coefficient (Wildman–Crippen LogP) is 5.79. The van der Waals surface area contributed by atoms with E-state index in [9.17, 15) is 9.90 Å². The van der Waals surface area contributed by atoms with Crippen LogP contribution in [0, 0.1) is 13.8 Å². The molecule has 0 aliphatic rings. The molecule has 1 N–H and O–H groups in total. The molecule has 36 heavy (non-hydrogen) atoms. The van der Waals surface area contributed by atoms with Crippen molar-refractivity contribution < 1.29 is 23.8 Å². The fraction of sp³-hybridized carbons (Fsp3) is 0.241. The van der Waals surface area contributed by atoms with Crippen LogP contribution in [0.5, 0.6) is 17.2 Å². The number of hydrogen-bond acceptors (Lipinski definition) is 6. The van der Waals surface area contributed by atoms with E-state index in [4.69, 9.17) is 13.9 Å². The third-order valence-electron chi connectivity index (χ3n) is 5.55. The molecule has 0 amide bonds. The molecule has 0 atom stereocenters. The number of para-hydroxylation sites is 1. The Balaban J connectivity index is 1.39. The van der Waals surface area contributed by atoms with E-state index in [-0.39, 0.29) is 6.54 Å². The molecule has 1 aromatic heterocycles. The molecule has 4 rings (SSSR count). The van der Waals surface area contributed by atoms with Crippen LogP contribution in [0.4, 0.5) is 0 Å². The van der Waals surface area contributed by atoms with Crippen molar-refractivity contribution in [2.75, 3.05) is 13.2 Å². The number of oxazole rings is 1. The van der Waals surface area contributed by atoms with Crippen molar-refractivity contribution in [2.24, 2.45) is 0 Å². The maximum Gasteiger partial charge on any atom is 0.317 e. The summed E-state index contributed by atoms with van der Waals surface area (Å²) in [5.74, 6) is 2.79. The van der Waals surface area contributed by atoms with Crippen molar-refractivity contribution >= 4 is 5.97 Å². The van der Waals surface area contributed by atoms with Crippen LogP contribution in [0.15, 0.2) is 83.3 Å². The lowest BCUT2D eigenvalue weighted by Gasteiger charge is -2.21. The van der Waals surface area contributed by atoms with Crippen LogP contribution in [0.1, 0.15) is 28.5 Å². The van der Waals surface area contributed by atoms with Crippen LogP contribution in [-0.2, 0) is 24.3 Å². The first-order valence-electron chi connectivity index (χ1n) is 11.9. The predicted molar refractivity (Wildman–Crippen MR) is 136 cm³/mol. The maximum atomic E-state index is 11.6. The maximum absolute atomic E-state index is 11.6. The van der Waals surface area contributed by atoms with E-state index in [0.29, 0.717) is 37.8 Å². The lowest BCUT2D eigenvalue weighted by atomic mass is 10.1. The summed E-state index contributed by atoms with van der Waals surface area (Å²) in [5.41, 5.74) is 2.84. The summed E-state index contributed by atoms with van der Waals surface area (Å²) < 4.78 is 17.3. The summed E-state index contributed by atoms with van der Waals surface area (Å²) >= 11 is 0. The molecule has 3 aromatic carbocycles. The second-order valence-electron chi connectivity index (χ2n) is 8.58. The zero-order chi connectivity index (χ0) is 25.3. The molecule has 0 saturated heterocycles. The summed E-state index contributed by atoms with van der Waals surface area (Å²) in [6.07, 6.45) is 0.653. The average Bonchev–Trinajstić information content (AvgIpc) is 3.16.